The molecule has 5 nitrogen and oxygen atoms in total. The van der Waals surface area contributed by atoms with Crippen LogP contribution in [-0.2, 0) is 4.74 Å². The first kappa shape index (κ1) is 13.7. The van der Waals surface area contributed by atoms with Crippen molar-refractivity contribution in [3.8, 4) is 0 Å². The van der Waals surface area contributed by atoms with Gasteiger partial charge in [0.1, 0.15) is 5.82 Å². The van der Waals surface area contributed by atoms with Crippen LogP contribution >= 0.6 is 0 Å². The van der Waals surface area contributed by atoms with Crippen molar-refractivity contribution in [3.63, 3.8) is 0 Å². The number of rotatable bonds is 6. The van der Waals surface area contributed by atoms with Crippen LogP contribution < -0.4 is 10.2 Å². The number of methoxy groups -OCH3 is 1. The maximum absolute atomic E-state index is 5.16. The van der Waals surface area contributed by atoms with Crippen LogP contribution in [0.15, 0.2) is 6.20 Å². The van der Waals surface area contributed by atoms with E-state index in [1.165, 1.54) is 0 Å². The van der Waals surface area contributed by atoms with Gasteiger partial charge in [0.05, 0.1) is 12.6 Å². The lowest BCUT2D eigenvalue weighted by Crippen LogP contribution is -2.34. The summed E-state index contributed by atoms with van der Waals surface area (Å²) in [4.78, 5) is 10.9. The molecular formula is C12H22N4O. The van der Waals surface area contributed by atoms with Crippen molar-refractivity contribution in [2.24, 2.45) is 0 Å². The van der Waals surface area contributed by atoms with Crippen LogP contribution in [0.25, 0.3) is 0 Å². The van der Waals surface area contributed by atoms with Crippen LogP contribution in [-0.4, -0.2) is 43.3 Å². The highest BCUT2D eigenvalue weighted by Crippen LogP contribution is 2.18. The highest BCUT2D eigenvalue weighted by atomic mass is 16.5. The molecule has 1 heterocycles. The Morgan fingerprint density at radius 1 is 1.53 bits per heavy atom. The van der Waals surface area contributed by atoms with Gasteiger partial charge >= 0.3 is 0 Å². The Bertz CT molecular complexity index is 356. The molecule has 0 radical (unpaired) electrons. The molecule has 0 aliphatic heterocycles. The summed E-state index contributed by atoms with van der Waals surface area (Å²) in [5, 5.41) is 3.12. The molecule has 5 heteroatoms. The molecule has 17 heavy (non-hydrogen) atoms. The maximum Gasteiger partial charge on any atom is 0.224 e. The molecule has 0 fully saturated rings. The third kappa shape index (κ3) is 3.56. The number of ether oxygens (including phenoxy) is 1. The minimum Gasteiger partial charge on any atom is -0.383 e. The first-order valence-corrected chi connectivity index (χ1v) is 5.89. The standard InChI is InChI=1S/C12H22N4O/c1-6-13-12-14-7-9(2)11(15-12)16(4)10(3)8-17-5/h7,10H,6,8H2,1-5H3,(H,13,14,15). The molecule has 0 aliphatic carbocycles. The molecule has 0 saturated carbocycles. The number of nitrogens with one attached hydrogen (secondary N) is 1. The Morgan fingerprint density at radius 3 is 2.82 bits per heavy atom. The summed E-state index contributed by atoms with van der Waals surface area (Å²) in [5.41, 5.74) is 1.07. The van der Waals surface area contributed by atoms with Gasteiger partial charge in [-0.3, -0.25) is 0 Å². The van der Waals surface area contributed by atoms with Crippen molar-refractivity contribution >= 4 is 11.8 Å². The van der Waals surface area contributed by atoms with Crippen LogP contribution in [0.5, 0.6) is 0 Å². The number of likely N-dealkylation sites (N-methyl/N-ethyl adjacent to an activating group) is 1. The fourth-order valence-electron chi connectivity index (χ4n) is 1.60. The fraction of sp³-hybridized carbons (Fsp3) is 0.667. The van der Waals surface area contributed by atoms with Gasteiger partial charge in [-0.1, -0.05) is 0 Å². The molecule has 0 saturated heterocycles. The smallest absolute Gasteiger partial charge is 0.224 e. The molecule has 0 amide bonds. The summed E-state index contributed by atoms with van der Waals surface area (Å²) in [6.45, 7) is 7.65. The SMILES string of the molecule is CCNc1ncc(C)c(N(C)C(C)COC)n1. The van der Waals surface area contributed by atoms with E-state index < -0.39 is 0 Å². The van der Waals surface area contributed by atoms with E-state index >= 15 is 0 Å². The predicted molar refractivity (Wildman–Crippen MR) is 70.7 cm³/mol. The molecule has 1 rings (SSSR count). The minimum absolute atomic E-state index is 0.281. The van der Waals surface area contributed by atoms with E-state index in [0.29, 0.717) is 12.6 Å². The Labute approximate surface area is 103 Å². The van der Waals surface area contributed by atoms with Gasteiger partial charge in [-0.15, -0.1) is 0 Å². The van der Waals surface area contributed by atoms with Gasteiger partial charge in [-0.2, -0.15) is 4.98 Å². The maximum atomic E-state index is 5.16. The molecule has 1 N–H and O–H groups in total. The highest BCUT2D eigenvalue weighted by Gasteiger charge is 2.14. The molecule has 1 unspecified atom stereocenters. The molecule has 96 valence electrons. The van der Waals surface area contributed by atoms with Gasteiger partial charge in [0.2, 0.25) is 5.95 Å². The van der Waals surface area contributed by atoms with Crippen molar-refractivity contribution in [3.05, 3.63) is 11.8 Å². The zero-order valence-corrected chi connectivity index (χ0v) is 11.3. The number of aryl methyl sites for hydroxylation is 1. The van der Waals surface area contributed by atoms with E-state index in [2.05, 4.69) is 27.1 Å². The van der Waals surface area contributed by atoms with Crippen LogP contribution in [0.2, 0.25) is 0 Å². The zero-order chi connectivity index (χ0) is 12.8. The average Bonchev–Trinajstić information content (AvgIpc) is 2.31. The monoisotopic (exact) mass is 238 g/mol. The molecule has 0 aliphatic rings. The van der Waals surface area contributed by atoms with Crippen molar-refractivity contribution in [1.82, 2.24) is 9.97 Å². The van der Waals surface area contributed by atoms with E-state index in [0.717, 1.165) is 17.9 Å². The van der Waals surface area contributed by atoms with Gasteiger partial charge in [-0.05, 0) is 20.8 Å². The Kier molecular flexibility index (Phi) is 5.15. The second kappa shape index (κ2) is 6.39. The van der Waals surface area contributed by atoms with E-state index in [1.807, 2.05) is 27.1 Å². The number of anilines is 2. The summed E-state index contributed by atoms with van der Waals surface area (Å²) in [5.74, 6) is 1.62. The first-order valence-electron chi connectivity index (χ1n) is 5.89. The Hall–Kier alpha value is -1.36. The van der Waals surface area contributed by atoms with Crippen molar-refractivity contribution in [1.29, 1.82) is 0 Å². The lowest BCUT2D eigenvalue weighted by Gasteiger charge is -2.26. The van der Waals surface area contributed by atoms with Gasteiger partial charge in [-0.25, -0.2) is 4.98 Å². The van der Waals surface area contributed by atoms with Crippen LogP contribution in [0.3, 0.4) is 0 Å². The van der Waals surface area contributed by atoms with Gasteiger partial charge < -0.3 is 15.0 Å². The molecule has 1 aromatic rings. The molecule has 1 aromatic heterocycles. The summed E-state index contributed by atoms with van der Waals surface area (Å²) in [6.07, 6.45) is 1.84. The van der Waals surface area contributed by atoms with Gasteiger partial charge in [0.25, 0.3) is 0 Å². The Balaban J connectivity index is 2.90. The molecular weight excluding hydrogens is 216 g/mol. The van der Waals surface area contributed by atoms with E-state index in [9.17, 15) is 0 Å². The van der Waals surface area contributed by atoms with Crippen LogP contribution in [0.4, 0.5) is 11.8 Å². The molecule has 0 bridgehead atoms. The van der Waals surface area contributed by atoms with Crippen LogP contribution in [0.1, 0.15) is 19.4 Å². The fourth-order valence-corrected chi connectivity index (χ4v) is 1.60. The largest absolute Gasteiger partial charge is 0.383 e. The Morgan fingerprint density at radius 2 is 2.24 bits per heavy atom. The minimum atomic E-state index is 0.281. The molecule has 0 spiro atoms. The molecule has 0 aromatic carbocycles. The average molecular weight is 238 g/mol. The quantitative estimate of drug-likeness (QED) is 0.817. The summed E-state index contributed by atoms with van der Waals surface area (Å²) >= 11 is 0. The topological polar surface area (TPSA) is 50.3 Å². The molecule has 1 atom stereocenters. The second-order valence-corrected chi connectivity index (χ2v) is 4.15. The van der Waals surface area contributed by atoms with Gasteiger partial charge in [0, 0.05) is 32.5 Å². The van der Waals surface area contributed by atoms with Crippen molar-refractivity contribution < 1.29 is 4.74 Å². The number of nitrogens with zero attached hydrogens (tertiary/aromatic N) is 3. The lowest BCUT2D eigenvalue weighted by molar-refractivity contribution is 0.183. The zero-order valence-electron chi connectivity index (χ0n) is 11.3. The van der Waals surface area contributed by atoms with Crippen molar-refractivity contribution in [2.75, 3.05) is 37.5 Å². The first-order chi connectivity index (χ1) is 8.10. The van der Waals surface area contributed by atoms with E-state index in [4.69, 9.17) is 4.74 Å². The van der Waals surface area contributed by atoms with E-state index in [-0.39, 0.29) is 6.04 Å². The third-order valence-electron chi connectivity index (χ3n) is 2.68. The summed E-state index contributed by atoms with van der Waals surface area (Å²) < 4.78 is 5.16. The van der Waals surface area contributed by atoms with Crippen LogP contribution in [0, 0.1) is 6.92 Å². The van der Waals surface area contributed by atoms with E-state index in [1.54, 1.807) is 7.11 Å². The second-order valence-electron chi connectivity index (χ2n) is 4.15. The number of aromatic nitrogens is 2. The normalized spacial score (nSPS) is 12.3. The highest BCUT2D eigenvalue weighted by molar-refractivity contribution is 5.49. The van der Waals surface area contributed by atoms with Gasteiger partial charge in [0.15, 0.2) is 0 Å². The number of hydrogen-bond donors (Lipinski definition) is 1. The predicted octanol–water partition coefficient (Wildman–Crippen LogP) is 1.69. The number of hydrogen-bond acceptors (Lipinski definition) is 5. The third-order valence-corrected chi connectivity index (χ3v) is 2.68. The lowest BCUT2D eigenvalue weighted by atomic mass is 10.2. The summed E-state index contributed by atoms with van der Waals surface area (Å²) in [6, 6.07) is 0.281. The van der Waals surface area contributed by atoms with Crippen molar-refractivity contribution in [2.45, 2.75) is 26.8 Å². The summed E-state index contributed by atoms with van der Waals surface area (Å²) in [7, 11) is 3.73.